The van der Waals surface area contributed by atoms with Gasteiger partial charge in [-0.05, 0) is 17.9 Å². The second-order valence-corrected chi connectivity index (χ2v) is 4.40. The highest BCUT2D eigenvalue weighted by molar-refractivity contribution is 7.10. The van der Waals surface area contributed by atoms with Crippen molar-refractivity contribution >= 4 is 17.3 Å². The van der Waals surface area contributed by atoms with Crippen LogP contribution in [0.2, 0.25) is 0 Å². The molecule has 76 valence electrons. The molecule has 1 atom stereocenters. The number of hydrogen-bond donors (Lipinski definition) is 1. The molecule has 0 aromatic carbocycles. The zero-order valence-corrected chi connectivity index (χ0v) is 9.13. The average molecular weight is 209 g/mol. The lowest BCUT2D eigenvalue weighted by Gasteiger charge is -2.24. The lowest BCUT2D eigenvalue weighted by molar-refractivity contribution is 0.351. The fourth-order valence-electron chi connectivity index (χ4n) is 1.76. The Hall–Kier alpha value is -1.03. The molecule has 1 aromatic heterocycles. The van der Waals surface area contributed by atoms with Gasteiger partial charge in [-0.25, -0.2) is 0 Å². The average Bonchev–Trinajstić information content (AvgIpc) is 2.77. The Bertz CT molecular complexity index is 318. The van der Waals surface area contributed by atoms with Gasteiger partial charge in [0.25, 0.3) is 0 Å². The summed E-state index contributed by atoms with van der Waals surface area (Å²) in [6, 6.07) is 4.63. The molecule has 0 spiro atoms. The standard InChI is InChI=1S/C10H15N3S/c1-2-5-13-8(7-12-10(13)11)9-4-3-6-14-9/h3-4,6,8H,2,5,7H2,1H3,(H2,11,12). The summed E-state index contributed by atoms with van der Waals surface area (Å²) in [6.07, 6.45) is 1.11. The predicted molar refractivity (Wildman–Crippen MR) is 60.5 cm³/mol. The summed E-state index contributed by atoms with van der Waals surface area (Å²) in [5.41, 5.74) is 5.84. The summed E-state index contributed by atoms with van der Waals surface area (Å²) in [6.45, 7) is 3.97. The summed E-state index contributed by atoms with van der Waals surface area (Å²) >= 11 is 1.78. The number of nitrogens with zero attached hydrogens (tertiary/aromatic N) is 2. The van der Waals surface area contributed by atoms with E-state index >= 15 is 0 Å². The van der Waals surface area contributed by atoms with Crippen LogP contribution in [0.25, 0.3) is 0 Å². The maximum absolute atomic E-state index is 5.84. The lowest BCUT2D eigenvalue weighted by Crippen LogP contribution is -2.36. The van der Waals surface area contributed by atoms with E-state index in [0.29, 0.717) is 12.0 Å². The molecular formula is C10H15N3S. The number of hydrogen-bond acceptors (Lipinski definition) is 4. The van der Waals surface area contributed by atoms with Crippen molar-refractivity contribution in [3.05, 3.63) is 22.4 Å². The third-order valence-corrected chi connectivity index (χ3v) is 3.41. The molecule has 1 unspecified atom stereocenters. The Morgan fingerprint density at radius 3 is 3.21 bits per heavy atom. The first kappa shape index (κ1) is 9.52. The number of nitrogens with two attached hydrogens (primary N) is 1. The monoisotopic (exact) mass is 209 g/mol. The van der Waals surface area contributed by atoms with E-state index in [2.05, 4.69) is 34.3 Å². The van der Waals surface area contributed by atoms with E-state index in [4.69, 9.17) is 5.73 Å². The smallest absolute Gasteiger partial charge is 0.191 e. The fourth-order valence-corrected chi connectivity index (χ4v) is 2.60. The maximum Gasteiger partial charge on any atom is 0.191 e. The zero-order valence-electron chi connectivity index (χ0n) is 8.31. The van der Waals surface area contributed by atoms with Gasteiger partial charge in [-0.2, -0.15) is 0 Å². The van der Waals surface area contributed by atoms with E-state index in [0.717, 1.165) is 19.5 Å². The maximum atomic E-state index is 5.84. The topological polar surface area (TPSA) is 41.6 Å². The Kier molecular flexibility index (Phi) is 2.72. The Morgan fingerprint density at radius 1 is 1.71 bits per heavy atom. The first-order valence-corrected chi connectivity index (χ1v) is 5.81. The summed E-state index contributed by atoms with van der Waals surface area (Å²) < 4.78 is 0. The molecule has 0 amide bonds. The molecule has 2 heterocycles. The van der Waals surface area contributed by atoms with Crippen LogP contribution in [0, 0.1) is 0 Å². The Morgan fingerprint density at radius 2 is 2.57 bits per heavy atom. The normalized spacial score (nSPS) is 21.4. The number of rotatable bonds is 3. The van der Waals surface area contributed by atoms with Gasteiger partial charge in [0.15, 0.2) is 5.96 Å². The molecule has 0 fully saturated rings. The lowest BCUT2D eigenvalue weighted by atomic mass is 10.2. The van der Waals surface area contributed by atoms with Gasteiger partial charge in [0.05, 0.1) is 12.6 Å². The van der Waals surface area contributed by atoms with Crippen LogP contribution in [0.5, 0.6) is 0 Å². The van der Waals surface area contributed by atoms with Crippen molar-refractivity contribution in [2.24, 2.45) is 10.7 Å². The molecule has 1 aliphatic rings. The minimum atomic E-state index is 0.384. The minimum Gasteiger partial charge on any atom is -0.370 e. The number of thiophene rings is 1. The molecule has 4 heteroatoms. The van der Waals surface area contributed by atoms with Gasteiger partial charge >= 0.3 is 0 Å². The van der Waals surface area contributed by atoms with Crippen LogP contribution in [0.3, 0.4) is 0 Å². The van der Waals surface area contributed by atoms with Crippen LogP contribution in [0.4, 0.5) is 0 Å². The van der Waals surface area contributed by atoms with Gasteiger partial charge < -0.3 is 10.6 Å². The third-order valence-electron chi connectivity index (χ3n) is 2.43. The minimum absolute atomic E-state index is 0.384. The van der Waals surface area contributed by atoms with Crippen molar-refractivity contribution in [1.82, 2.24) is 4.90 Å². The number of aliphatic imine (C=N–C) groups is 1. The van der Waals surface area contributed by atoms with E-state index in [1.807, 2.05) is 0 Å². The van der Waals surface area contributed by atoms with E-state index in [-0.39, 0.29) is 0 Å². The SMILES string of the molecule is CCCN1C(N)=NCC1c1cccs1. The second-order valence-electron chi connectivity index (χ2n) is 3.42. The predicted octanol–water partition coefficient (Wildman–Crippen LogP) is 1.83. The quantitative estimate of drug-likeness (QED) is 0.825. The summed E-state index contributed by atoms with van der Waals surface area (Å²) in [5, 5.41) is 2.11. The first-order valence-electron chi connectivity index (χ1n) is 4.93. The van der Waals surface area contributed by atoms with Crippen LogP contribution < -0.4 is 5.73 Å². The van der Waals surface area contributed by atoms with Crippen LogP contribution in [-0.4, -0.2) is 23.9 Å². The Balaban J connectivity index is 2.14. The van der Waals surface area contributed by atoms with Crippen molar-refractivity contribution in [2.45, 2.75) is 19.4 Å². The third kappa shape index (κ3) is 1.62. The molecule has 14 heavy (non-hydrogen) atoms. The molecule has 0 saturated carbocycles. The van der Waals surface area contributed by atoms with Crippen molar-refractivity contribution in [3.8, 4) is 0 Å². The highest BCUT2D eigenvalue weighted by atomic mass is 32.1. The van der Waals surface area contributed by atoms with Crippen molar-refractivity contribution in [3.63, 3.8) is 0 Å². The molecule has 1 aliphatic heterocycles. The van der Waals surface area contributed by atoms with Crippen LogP contribution in [0.15, 0.2) is 22.5 Å². The van der Waals surface area contributed by atoms with Crippen LogP contribution in [0.1, 0.15) is 24.3 Å². The van der Waals surface area contributed by atoms with E-state index < -0.39 is 0 Å². The highest BCUT2D eigenvalue weighted by Gasteiger charge is 2.26. The van der Waals surface area contributed by atoms with E-state index in [1.54, 1.807) is 11.3 Å². The highest BCUT2D eigenvalue weighted by Crippen LogP contribution is 2.28. The van der Waals surface area contributed by atoms with Gasteiger partial charge in [-0.15, -0.1) is 11.3 Å². The Labute approximate surface area is 88.3 Å². The summed E-state index contributed by atoms with van der Waals surface area (Å²) in [5.74, 6) is 0.699. The van der Waals surface area contributed by atoms with Gasteiger partial charge in [0, 0.05) is 11.4 Å². The molecular weight excluding hydrogens is 194 g/mol. The van der Waals surface area contributed by atoms with Crippen molar-refractivity contribution in [2.75, 3.05) is 13.1 Å². The molecule has 0 aliphatic carbocycles. The van der Waals surface area contributed by atoms with Crippen LogP contribution in [-0.2, 0) is 0 Å². The fraction of sp³-hybridized carbons (Fsp3) is 0.500. The molecule has 2 N–H and O–H groups in total. The molecule has 0 saturated heterocycles. The van der Waals surface area contributed by atoms with Crippen molar-refractivity contribution < 1.29 is 0 Å². The van der Waals surface area contributed by atoms with Crippen LogP contribution >= 0.6 is 11.3 Å². The van der Waals surface area contributed by atoms with E-state index in [1.165, 1.54) is 4.88 Å². The molecule has 1 aromatic rings. The van der Waals surface area contributed by atoms with Gasteiger partial charge in [0.2, 0.25) is 0 Å². The molecule has 0 radical (unpaired) electrons. The largest absolute Gasteiger partial charge is 0.370 e. The second kappa shape index (κ2) is 4.00. The molecule has 2 rings (SSSR count). The van der Waals surface area contributed by atoms with Gasteiger partial charge in [-0.1, -0.05) is 13.0 Å². The molecule has 0 bridgehead atoms. The first-order chi connectivity index (χ1) is 6.83. The van der Waals surface area contributed by atoms with E-state index in [9.17, 15) is 0 Å². The zero-order chi connectivity index (χ0) is 9.97. The summed E-state index contributed by atoms with van der Waals surface area (Å²) in [4.78, 5) is 7.86. The van der Waals surface area contributed by atoms with Crippen molar-refractivity contribution in [1.29, 1.82) is 0 Å². The van der Waals surface area contributed by atoms with Gasteiger partial charge in [-0.3, -0.25) is 4.99 Å². The summed E-state index contributed by atoms with van der Waals surface area (Å²) in [7, 11) is 0. The molecule has 3 nitrogen and oxygen atoms in total. The number of guanidine groups is 1. The van der Waals surface area contributed by atoms with Gasteiger partial charge in [0.1, 0.15) is 0 Å².